The predicted molar refractivity (Wildman–Crippen MR) is 81.5 cm³/mol. The Morgan fingerprint density at radius 1 is 1.38 bits per heavy atom. The highest BCUT2D eigenvalue weighted by Gasteiger charge is 2.20. The van der Waals surface area contributed by atoms with E-state index in [1.807, 2.05) is 6.07 Å². The molecule has 4 heteroatoms. The molecule has 0 radical (unpaired) electrons. The number of nitrogens with one attached hydrogen (secondary N) is 1. The molecule has 1 aromatic rings. The Kier molecular flexibility index (Phi) is 6.61. The summed E-state index contributed by atoms with van der Waals surface area (Å²) >= 11 is 0. The van der Waals surface area contributed by atoms with Crippen LogP contribution in [0, 0.1) is 11.7 Å². The van der Waals surface area contributed by atoms with Crippen LogP contribution in [0.25, 0.3) is 0 Å². The van der Waals surface area contributed by atoms with Gasteiger partial charge in [0.05, 0.1) is 18.8 Å². The quantitative estimate of drug-likeness (QED) is 0.813. The van der Waals surface area contributed by atoms with Crippen LogP contribution in [0.3, 0.4) is 0 Å². The predicted octanol–water partition coefficient (Wildman–Crippen LogP) is 2.87. The van der Waals surface area contributed by atoms with E-state index in [9.17, 15) is 9.50 Å². The zero-order valence-electron chi connectivity index (χ0n) is 12.7. The average Bonchev–Trinajstić information content (AvgIpc) is 2.47. The molecular weight excluding hydrogens is 269 g/mol. The Morgan fingerprint density at radius 2 is 2.19 bits per heavy atom. The van der Waals surface area contributed by atoms with Gasteiger partial charge in [-0.1, -0.05) is 38.0 Å². The first-order valence-corrected chi connectivity index (χ1v) is 7.89. The van der Waals surface area contributed by atoms with E-state index in [4.69, 9.17) is 4.74 Å². The highest BCUT2D eigenvalue weighted by atomic mass is 19.1. The standard InChI is InChI=1S/C17H26FNO2/c1-13-5-4-7-16(9-13)21-12-15(20)11-19-10-14-6-2-3-8-17(14)18/h2-3,6,8,13,15-16,19-20H,4-5,7,9-12H2,1H3. The lowest BCUT2D eigenvalue weighted by molar-refractivity contribution is -0.0306. The molecular formula is C17H26FNO2. The molecule has 2 N–H and O–H groups in total. The third-order valence-corrected chi connectivity index (χ3v) is 4.07. The van der Waals surface area contributed by atoms with Crippen molar-refractivity contribution in [1.82, 2.24) is 5.32 Å². The summed E-state index contributed by atoms with van der Waals surface area (Å²) < 4.78 is 19.2. The van der Waals surface area contributed by atoms with E-state index in [0.717, 1.165) is 18.8 Å². The van der Waals surface area contributed by atoms with Gasteiger partial charge in [-0.3, -0.25) is 0 Å². The van der Waals surface area contributed by atoms with Gasteiger partial charge in [-0.15, -0.1) is 0 Å². The van der Waals surface area contributed by atoms with Gasteiger partial charge >= 0.3 is 0 Å². The molecule has 21 heavy (non-hydrogen) atoms. The van der Waals surface area contributed by atoms with Crippen molar-refractivity contribution in [3.63, 3.8) is 0 Å². The minimum Gasteiger partial charge on any atom is -0.389 e. The summed E-state index contributed by atoms with van der Waals surface area (Å²) in [6.07, 6.45) is 4.43. The van der Waals surface area contributed by atoms with Gasteiger partial charge in [-0.25, -0.2) is 4.39 Å². The molecule has 0 aromatic heterocycles. The normalized spacial score (nSPS) is 24.0. The fourth-order valence-electron chi connectivity index (χ4n) is 2.85. The van der Waals surface area contributed by atoms with Crippen molar-refractivity contribution >= 4 is 0 Å². The largest absolute Gasteiger partial charge is 0.389 e. The van der Waals surface area contributed by atoms with Gasteiger partial charge in [-0.05, 0) is 24.8 Å². The molecule has 118 valence electrons. The number of aliphatic hydroxyl groups is 1. The number of hydrogen-bond acceptors (Lipinski definition) is 3. The third kappa shape index (κ3) is 5.73. The molecule has 1 aromatic carbocycles. The Morgan fingerprint density at radius 3 is 2.95 bits per heavy atom. The van der Waals surface area contributed by atoms with Crippen molar-refractivity contribution in [3.05, 3.63) is 35.6 Å². The highest BCUT2D eigenvalue weighted by Crippen LogP contribution is 2.25. The molecule has 0 aliphatic heterocycles. The van der Waals surface area contributed by atoms with Gasteiger partial charge in [0.15, 0.2) is 0 Å². The fraction of sp³-hybridized carbons (Fsp3) is 0.647. The summed E-state index contributed by atoms with van der Waals surface area (Å²) in [6, 6.07) is 6.67. The fourth-order valence-corrected chi connectivity index (χ4v) is 2.85. The summed E-state index contributed by atoms with van der Waals surface area (Å²) in [4.78, 5) is 0. The van der Waals surface area contributed by atoms with Crippen LogP contribution in [0.4, 0.5) is 4.39 Å². The molecule has 0 amide bonds. The van der Waals surface area contributed by atoms with Crippen LogP contribution < -0.4 is 5.32 Å². The maximum absolute atomic E-state index is 13.4. The zero-order valence-corrected chi connectivity index (χ0v) is 12.7. The number of rotatable bonds is 7. The van der Waals surface area contributed by atoms with Crippen molar-refractivity contribution in [2.24, 2.45) is 5.92 Å². The first kappa shape index (κ1) is 16.4. The molecule has 0 heterocycles. The molecule has 2 rings (SSSR count). The van der Waals surface area contributed by atoms with Gasteiger partial charge in [0.2, 0.25) is 0 Å². The number of aliphatic hydroxyl groups excluding tert-OH is 1. The summed E-state index contributed by atoms with van der Waals surface area (Å²) in [5, 5.41) is 13.0. The Balaban J connectivity index is 1.61. The lowest BCUT2D eigenvalue weighted by Crippen LogP contribution is -2.33. The van der Waals surface area contributed by atoms with E-state index in [0.29, 0.717) is 25.3 Å². The molecule has 3 unspecified atom stereocenters. The molecule has 3 atom stereocenters. The van der Waals surface area contributed by atoms with Crippen LogP contribution in [0.2, 0.25) is 0 Å². The Bertz CT molecular complexity index is 427. The number of ether oxygens (including phenoxy) is 1. The molecule has 1 aliphatic rings. The first-order chi connectivity index (χ1) is 10.1. The van der Waals surface area contributed by atoms with Gasteiger partial charge in [0.25, 0.3) is 0 Å². The molecule has 1 saturated carbocycles. The van der Waals surface area contributed by atoms with Crippen LogP contribution >= 0.6 is 0 Å². The molecule has 0 saturated heterocycles. The van der Waals surface area contributed by atoms with Gasteiger partial charge in [0.1, 0.15) is 5.82 Å². The maximum atomic E-state index is 13.4. The van der Waals surface area contributed by atoms with Crippen molar-refractivity contribution in [1.29, 1.82) is 0 Å². The second kappa shape index (κ2) is 8.47. The average molecular weight is 295 g/mol. The first-order valence-electron chi connectivity index (χ1n) is 7.89. The van der Waals surface area contributed by atoms with E-state index in [1.165, 1.54) is 18.9 Å². The van der Waals surface area contributed by atoms with Gasteiger partial charge < -0.3 is 15.2 Å². The van der Waals surface area contributed by atoms with E-state index in [1.54, 1.807) is 12.1 Å². The highest BCUT2D eigenvalue weighted by molar-refractivity contribution is 5.16. The van der Waals surface area contributed by atoms with Crippen LogP contribution in [0.5, 0.6) is 0 Å². The van der Waals surface area contributed by atoms with Crippen molar-refractivity contribution < 1.29 is 14.2 Å². The van der Waals surface area contributed by atoms with E-state index in [2.05, 4.69) is 12.2 Å². The SMILES string of the molecule is CC1CCCC(OCC(O)CNCc2ccccc2F)C1. The third-order valence-electron chi connectivity index (χ3n) is 4.07. The van der Waals surface area contributed by atoms with Crippen LogP contribution in [-0.4, -0.2) is 30.5 Å². The summed E-state index contributed by atoms with van der Waals surface area (Å²) in [7, 11) is 0. The number of benzene rings is 1. The molecule has 3 nitrogen and oxygen atoms in total. The van der Waals surface area contributed by atoms with Crippen LogP contribution in [-0.2, 0) is 11.3 Å². The van der Waals surface area contributed by atoms with Crippen molar-refractivity contribution in [2.75, 3.05) is 13.2 Å². The van der Waals surface area contributed by atoms with E-state index in [-0.39, 0.29) is 11.9 Å². The summed E-state index contributed by atoms with van der Waals surface area (Å²) in [6.45, 7) is 3.43. The monoisotopic (exact) mass is 295 g/mol. The van der Waals surface area contributed by atoms with Crippen LogP contribution in [0.15, 0.2) is 24.3 Å². The Hall–Kier alpha value is -0.970. The smallest absolute Gasteiger partial charge is 0.127 e. The molecule has 1 fully saturated rings. The van der Waals surface area contributed by atoms with Gasteiger partial charge in [-0.2, -0.15) is 0 Å². The topological polar surface area (TPSA) is 41.5 Å². The van der Waals surface area contributed by atoms with Crippen molar-refractivity contribution in [3.8, 4) is 0 Å². The maximum Gasteiger partial charge on any atom is 0.127 e. The lowest BCUT2D eigenvalue weighted by atomic mass is 9.89. The minimum absolute atomic E-state index is 0.216. The molecule has 1 aliphatic carbocycles. The minimum atomic E-state index is -0.547. The van der Waals surface area contributed by atoms with Crippen molar-refractivity contribution in [2.45, 2.75) is 51.4 Å². The zero-order chi connectivity index (χ0) is 15.1. The second-order valence-electron chi connectivity index (χ2n) is 6.10. The lowest BCUT2D eigenvalue weighted by Gasteiger charge is -2.27. The summed E-state index contributed by atoms with van der Waals surface area (Å²) in [5.41, 5.74) is 0.617. The molecule has 0 spiro atoms. The number of halogens is 1. The van der Waals surface area contributed by atoms with E-state index >= 15 is 0 Å². The Labute approximate surface area is 126 Å². The summed E-state index contributed by atoms with van der Waals surface area (Å²) in [5.74, 6) is 0.506. The molecule has 0 bridgehead atoms. The second-order valence-corrected chi connectivity index (χ2v) is 6.10. The van der Waals surface area contributed by atoms with Crippen LogP contribution in [0.1, 0.15) is 38.2 Å². The van der Waals surface area contributed by atoms with E-state index < -0.39 is 6.10 Å². The number of hydrogen-bond donors (Lipinski definition) is 2. The van der Waals surface area contributed by atoms with Gasteiger partial charge in [0, 0.05) is 18.7 Å².